The van der Waals surface area contributed by atoms with Crippen molar-refractivity contribution in [2.45, 2.75) is 45.1 Å². The van der Waals surface area contributed by atoms with E-state index in [-0.39, 0.29) is 23.3 Å². The lowest BCUT2D eigenvalue weighted by atomic mass is 9.85. The Balaban J connectivity index is 1.59. The van der Waals surface area contributed by atoms with Crippen LogP contribution in [0.25, 0.3) is 0 Å². The summed E-state index contributed by atoms with van der Waals surface area (Å²) in [6.07, 6.45) is 3.62. The molecule has 2 aromatic rings. The highest BCUT2D eigenvalue weighted by Crippen LogP contribution is 2.61. The minimum absolute atomic E-state index is 0.0274. The first kappa shape index (κ1) is 17.1. The maximum atomic E-state index is 13.2. The van der Waals surface area contributed by atoms with Crippen LogP contribution in [-0.4, -0.2) is 29.4 Å². The van der Waals surface area contributed by atoms with Crippen LogP contribution in [0.2, 0.25) is 0 Å². The van der Waals surface area contributed by atoms with Gasteiger partial charge < -0.3 is 9.64 Å². The highest BCUT2D eigenvalue weighted by atomic mass is 16.5. The van der Waals surface area contributed by atoms with Gasteiger partial charge in [-0.2, -0.15) is 0 Å². The third-order valence-electron chi connectivity index (χ3n) is 6.36. The van der Waals surface area contributed by atoms with Crippen molar-refractivity contribution in [2.75, 3.05) is 13.7 Å². The number of carbonyl (C=O) groups excluding carboxylic acids is 1. The first-order valence-corrected chi connectivity index (χ1v) is 9.36. The smallest absolute Gasteiger partial charge is 0.226 e. The summed E-state index contributed by atoms with van der Waals surface area (Å²) in [6.45, 7) is 6.98. The van der Waals surface area contributed by atoms with E-state index in [0.29, 0.717) is 6.61 Å². The topological polar surface area (TPSA) is 42.4 Å². The number of hydrogen-bond acceptors (Lipinski definition) is 3. The van der Waals surface area contributed by atoms with E-state index in [0.717, 1.165) is 24.3 Å². The Morgan fingerprint density at radius 2 is 2.08 bits per heavy atom. The molecule has 0 unspecified atom stereocenters. The van der Waals surface area contributed by atoms with Gasteiger partial charge >= 0.3 is 0 Å². The maximum Gasteiger partial charge on any atom is 0.226 e. The lowest BCUT2D eigenvalue weighted by Crippen LogP contribution is -2.34. The van der Waals surface area contributed by atoms with Crippen LogP contribution in [0.5, 0.6) is 5.75 Å². The Hall–Kier alpha value is -2.36. The lowest BCUT2D eigenvalue weighted by molar-refractivity contribution is -0.133. The fourth-order valence-corrected chi connectivity index (χ4v) is 4.24. The minimum atomic E-state index is -0.0405. The average Bonchev–Trinajstić information content (AvgIpc) is 3.37. The number of hydrogen-bond donors (Lipinski definition) is 0. The van der Waals surface area contributed by atoms with Gasteiger partial charge in [-0.3, -0.25) is 9.78 Å². The lowest BCUT2D eigenvalue weighted by Gasteiger charge is -2.30. The molecule has 0 bridgehead atoms. The molecule has 1 aliphatic carbocycles. The van der Waals surface area contributed by atoms with E-state index in [1.165, 1.54) is 16.7 Å². The summed E-state index contributed by atoms with van der Waals surface area (Å²) in [4.78, 5) is 19.5. The Bertz CT molecular complexity index is 849. The largest absolute Gasteiger partial charge is 0.493 e. The molecule has 4 heteroatoms. The van der Waals surface area contributed by atoms with Gasteiger partial charge in [0.15, 0.2) is 0 Å². The summed E-state index contributed by atoms with van der Waals surface area (Å²) in [5, 5.41) is 0. The molecule has 26 heavy (non-hydrogen) atoms. The second-order valence-electron chi connectivity index (χ2n) is 7.82. The van der Waals surface area contributed by atoms with Crippen LogP contribution < -0.4 is 4.74 Å². The number of benzene rings is 1. The van der Waals surface area contributed by atoms with Crippen molar-refractivity contribution in [3.63, 3.8) is 0 Å². The van der Waals surface area contributed by atoms with Gasteiger partial charge in [-0.05, 0) is 62.9 Å². The first-order chi connectivity index (χ1) is 12.4. The molecule has 1 aliphatic heterocycles. The molecule has 4 nitrogen and oxygen atoms in total. The molecular weight excluding hydrogens is 324 g/mol. The second-order valence-corrected chi connectivity index (χ2v) is 7.82. The third-order valence-corrected chi connectivity index (χ3v) is 6.36. The molecule has 1 saturated carbocycles. The quantitative estimate of drug-likeness (QED) is 0.841. The second kappa shape index (κ2) is 6.11. The van der Waals surface area contributed by atoms with Crippen molar-refractivity contribution in [1.29, 1.82) is 0 Å². The SMILES string of the molecule is Cc1cc2c(cc1C)[C@]1(CCO2)C[C@H]1C(=O)N(C)[C@H](C)c1ccccn1. The summed E-state index contributed by atoms with van der Waals surface area (Å²) in [7, 11) is 1.90. The number of aromatic nitrogens is 1. The van der Waals surface area contributed by atoms with E-state index < -0.39 is 0 Å². The summed E-state index contributed by atoms with van der Waals surface area (Å²) in [6, 6.07) is 10.2. The van der Waals surface area contributed by atoms with Gasteiger partial charge in [0.25, 0.3) is 0 Å². The summed E-state index contributed by atoms with van der Waals surface area (Å²) in [5.74, 6) is 1.23. The molecule has 2 heterocycles. The van der Waals surface area contributed by atoms with E-state index in [1.54, 1.807) is 6.20 Å². The zero-order valence-electron chi connectivity index (χ0n) is 16.0. The minimum Gasteiger partial charge on any atom is -0.493 e. The Labute approximate surface area is 155 Å². The summed E-state index contributed by atoms with van der Waals surface area (Å²) in [5.41, 5.74) is 4.62. The molecule has 1 aromatic carbocycles. The molecule has 1 spiro atoms. The van der Waals surface area contributed by atoms with E-state index in [2.05, 4.69) is 31.0 Å². The van der Waals surface area contributed by atoms with Crippen LogP contribution in [-0.2, 0) is 10.2 Å². The number of ether oxygens (including phenoxy) is 1. The van der Waals surface area contributed by atoms with Crippen molar-refractivity contribution in [1.82, 2.24) is 9.88 Å². The van der Waals surface area contributed by atoms with Gasteiger partial charge in [0.1, 0.15) is 5.75 Å². The Kier molecular flexibility index (Phi) is 4.02. The molecule has 0 radical (unpaired) electrons. The number of nitrogens with zero attached hydrogens (tertiary/aromatic N) is 2. The molecule has 0 saturated heterocycles. The Morgan fingerprint density at radius 3 is 2.81 bits per heavy atom. The summed E-state index contributed by atoms with van der Waals surface area (Å²) >= 11 is 0. The number of amides is 1. The maximum absolute atomic E-state index is 13.2. The van der Waals surface area contributed by atoms with Crippen molar-refractivity contribution < 1.29 is 9.53 Å². The zero-order valence-corrected chi connectivity index (χ0v) is 16.0. The third kappa shape index (κ3) is 2.59. The monoisotopic (exact) mass is 350 g/mol. The van der Waals surface area contributed by atoms with E-state index >= 15 is 0 Å². The van der Waals surface area contributed by atoms with E-state index in [4.69, 9.17) is 4.74 Å². The fraction of sp³-hybridized carbons (Fsp3) is 0.455. The number of fused-ring (bicyclic) bond motifs is 2. The number of rotatable bonds is 3. The molecule has 1 fully saturated rings. The fourth-order valence-electron chi connectivity index (χ4n) is 4.24. The molecule has 3 atom stereocenters. The van der Waals surface area contributed by atoms with Gasteiger partial charge in [0.05, 0.1) is 18.3 Å². The normalized spacial score (nSPS) is 24.5. The van der Waals surface area contributed by atoms with Crippen molar-refractivity contribution in [3.05, 3.63) is 58.9 Å². The highest BCUT2D eigenvalue weighted by Gasteiger charge is 2.61. The van der Waals surface area contributed by atoms with Crippen LogP contribution in [0.3, 0.4) is 0 Å². The number of pyridine rings is 1. The van der Waals surface area contributed by atoms with Crippen LogP contribution in [0.1, 0.15) is 48.2 Å². The van der Waals surface area contributed by atoms with E-state index in [1.807, 2.05) is 37.1 Å². The zero-order chi connectivity index (χ0) is 18.5. The standard InChI is InChI=1S/C22H26N2O2/c1-14-11-17-20(12-15(14)2)26-10-8-22(17)13-18(22)21(25)24(4)16(3)19-7-5-6-9-23-19/h5-7,9,11-12,16,18H,8,10,13H2,1-4H3/t16-,18+,22+/m1/s1. The summed E-state index contributed by atoms with van der Waals surface area (Å²) < 4.78 is 5.91. The molecule has 4 rings (SSSR count). The van der Waals surface area contributed by atoms with Gasteiger partial charge in [-0.15, -0.1) is 0 Å². The van der Waals surface area contributed by atoms with Crippen LogP contribution in [0.15, 0.2) is 36.5 Å². The molecule has 1 aromatic heterocycles. The van der Waals surface area contributed by atoms with Crippen molar-refractivity contribution in [3.8, 4) is 5.75 Å². The predicted molar refractivity (Wildman–Crippen MR) is 101 cm³/mol. The molecule has 1 amide bonds. The van der Waals surface area contributed by atoms with Gasteiger partial charge in [0.2, 0.25) is 5.91 Å². The first-order valence-electron chi connectivity index (χ1n) is 9.36. The number of carbonyl (C=O) groups is 1. The number of aryl methyl sites for hydroxylation is 2. The molecule has 136 valence electrons. The molecule has 2 aliphatic rings. The Morgan fingerprint density at radius 1 is 1.31 bits per heavy atom. The van der Waals surface area contributed by atoms with Crippen molar-refractivity contribution in [2.24, 2.45) is 5.92 Å². The van der Waals surface area contributed by atoms with Crippen LogP contribution in [0.4, 0.5) is 0 Å². The van der Waals surface area contributed by atoms with E-state index in [9.17, 15) is 4.79 Å². The average molecular weight is 350 g/mol. The van der Waals surface area contributed by atoms with Gasteiger partial charge in [-0.1, -0.05) is 12.1 Å². The predicted octanol–water partition coefficient (Wildman–Crippen LogP) is 3.96. The van der Waals surface area contributed by atoms with Crippen LogP contribution >= 0.6 is 0 Å². The molecule has 0 N–H and O–H groups in total. The highest BCUT2D eigenvalue weighted by molar-refractivity contribution is 5.85. The van der Waals surface area contributed by atoms with Crippen molar-refractivity contribution >= 4 is 5.91 Å². The van der Waals surface area contributed by atoms with Gasteiger partial charge in [-0.25, -0.2) is 0 Å². The van der Waals surface area contributed by atoms with Gasteiger partial charge in [0, 0.05) is 30.1 Å². The van der Waals surface area contributed by atoms with Crippen LogP contribution in [0, 0.1) is 19.8 Å². The molecular formula is C22H26N2O2.